The van der Waals surface area contributed by atoms with Gasteiger partial charge in [-0.1, -0.05) is 25.5 Å². The molecular formula is C22H29N5O4. The van der Waals surface area contributed by atoms with Crippen LogP contribution in [-0.2, 0) is 16.1 Å². The molecule has 31 heavy (non-hydrogen) atoms. The van der Waals surface area contributed by atoms with E-state index >= 15 is 0 Å². The van der Waals surface area contributed by atoms with Gasteiger partial charge in [0.2, 0.25) is 11.8 Å². The summed E-state index contributed by atoms with van der Waals surface area (Å²) in [6.07, 6.45) is 1.59. The van der Waals surface area contributed by atoms with Crippen molar-refractivity contribution in [3.63, 3.8) is 0 Å². The second-order valence-corrected chi connectivity index (χ2v) is 8.02. The number of aromatic amines is 1. The third-order valence-electron chi connectivity index (χ3n) is 5.96. The molecule has 1 aliphatic heterocycles. The van der Waals surface area contributed by atoms with Crippen molar-refractivity contribution < 1.29 is 9.59 Å². The lowest BCUT2D eigenvalue weighted by Gasteiger charge is -2.24. The van der Waals surface area contributed by atoms with E-state index < -0.39 is 17.2 Å². The fourth-order valence-corrected chi connectivity index (χ4v) is 3.96. The highest BCUT2D eigenvalue weighted by atomic mass is 16.2. The number of unbranched alkanes of at least 4 members (excludes halogenated alkanes) is 1. The molecule has 1 saturated heterocycles. The number of aromatic nitrogens is 2. The monoisotopic (exact) mass is 427 g/mol. The number of rotatable bonds is 6. The number of benzene rings is 1. The molecular weight excluding hydrogens is 398 g/mol. The Balaban J connectivity index is 1.89. The predicted molar refractivity (Wildman–Crippen MR) is 120 cm³/mol. The van der Waals surface area contributed by atoms with E-state index in [0.29, 0.717) is 13.0 Å². The molecule has 1 aromatic carbocycles. The SMILES string of the molecule is CCCCn1c(N)c(N(C)C(=O)[C@@H]2CC(=O)N(c3cccc(C)c3C)C2)c(=O)[nH]c1=O. The molecule has 166 valence electrons. The Labute approximate surface area is 180 Å². The van der Waals surface area contributed by atoms with Gasteiger partial charge in [-0.3, -0.25) is 23.9 Å². The van der Waals surface area contributed by atoms with E-state index in [1.54, 1.807) is 4.90 Å². The van der Waals surface area contributed by atoms with Crippen LogP contribution in [0.5, 0.6) is 0 Å². The lowest BCUT2D eigenvalue weighted by atomic mass is 10.1. The number of amides is 2. The number of carbonyl (C=O) groups is 2. The minimum atomic E-state index is -0.721. The van der Waals surface area contributed by atoms with E-state index in [0.717, 1.165) is 23.2 Å². The highest BCUT2D eigenvalue weighted by Crippen LogP contribution is 2.31. The number of carbonyl (C=O) groups excluding carboxylic acids is 2. The van der Waals surface area contributed by atoms with Crippen LogP contribution in [0.25, 0.3) is 0 Å². The van der Waals surface area contributed by atoms with Crippen molar-refractivity contribution in [1.29, 1.82) is 0 Å². The number of nitrogens with two attached hydrogens (primary N) is 1. The molecule has 0 bridgehead atoms. The van der Waals surface area contributed by atoms with E-state index in [1.165, 1.54) is 16.5 Å². The van der Waals surface area contributed by atoms with Crippen LogP contribution in [0.3, 0.4) is 0 Å². The van der Waals surface area contributed by atoms with Gasteiger partial charge in [0.05, 0.1) is 5.92 Å². The molecule has 2 aromatic rings. The molecule has 3 rings (SSSR count). The largest absolute Gasteiger partial charge is 0.383 e. The van der Waals surface area contributed by atoms with Gasteiger partial charge in [0.1, 0.15) is 5.82 Å². The molecule has 0 aliphatic carbocycles. The summed E-state index contributed by atoms with van der Waals surface area (Å²) in [6.45, 7) is 6.45. The molecule has 1 aromatic heterocycles. The average Bonchev–Trinajstić information content (AvgIpc) is 3.10. The quantitative estimate of drug-likeness (QED) is 0.724. The predicted octanol–water partition coefficient (Wildman–Crippen LogP) is 1.55. The Bertz CT molecular complexity index is 1130. The number of nitrogens with one attached hydrogen (secondary N) is 1. The smallest absolute Gasteiger partial charge is 0.330 e. The van der Waals surface area contributed by atoms with Crippen molar-refractivity contribution in [3.8, 4) is 0 Å². The normalized spacial score (nSPS) is 16.1. The van der Waals surface area contributed by atoms with E-state index in [-0.39, 0.29) is 36.3 Å². The average molecular weight is 428 g/mol. The van der Waals surface area contributed by atoms with Crippen LogP contribution in [0.15, 0.2) is 27.8 Å². The number of nitrogens with zero attached hydrogens (tertiary/aromatic N) is 3. The third kappa shape index (κ3) is 4.12. The Morgan fingerprint density at radius 3 is 2.65 bits per heavy atom. The third-order valence-corrected chi connectivity index (χ3v) is 5.96. The van der Waals surface area contributed by atoms with Gasteiger partial charge in [0.25, 0.3) is 5.56 Å². The second kappa shape index (κ2) is 8.79. The van der Waals surface area contributed by atoms with Crippen molar-refractivity contribution in [3.05, 3.63) is 50.2 Å². The standard InChI is InChI=1S/C22H29N5O4/c1-5-6-10-26-19(23)18(20(29)24-22(26)31)25(4)21(30)15-11-17(28)27(12-15)16-9-7-8-13(2)14(16)3/h7-9,15H,5-6,10-12,23H2,1-4H3,(H,24,29,31)/t15-/m1/s1. The number of H-pyrrole nitrogens is 1. The molecule has 0 saturated carbocycles. The van der Waals surface area contributed by atoms with Gasteiger partial charge in [-0.2, -0.15) is 0 Å². The van der Waals surface area contributed by atoms with Crippen LogP contribution in [0.2, 0.25) is 0 Å². The highest BCUT2D eigenvalue weighted by molar-refractivity contribution is 6.05. The Hall–Kier alpha value is -3.36. The van der Waals surface area contributed by atoms with Gasteiger partial charge in [0.15, 0.2) is 5.69 Å². The molecule has 0 radical (unpaired) electrons. The van der Waals surface area contributed by atoms with E-state index in [9.17, 15) is 19.2 Å². The van der Waals surface area contributed by atoms with Crippen LogP contribution in [-0.4, -0.2) is 35.0 Å². The Kier molecular flexibility index (Phi) is 6.33. The number of hydrogen-bond donors (Lipinski definition) is 2. The zero-order valence-corrected chi connectivity index (χ0v) is 18.4. The summed E-state index contributed by atoms with van der Waals surface area (Å²) in [6, 6.07) is 5.72. The zero-order chi connectivity index (χ0) is 22.9. The maximum atomic E-state index is 13.2. The highest BCUT2D eigenvalue weighted by Gasteiger charge is 2.38. The van der Waals surface area contributed by atoms with E-state index in [1.807, 2.05) is 39.0 Å². The first-order chi connectivity index (χ1) is 14.7. The number of nitrogen functional groups attached to an aromatic ring is 1. The molecule has 0 unspecified atom stereocenters. The molecule has 0 spiro atoms. The Morgan fingerprint density at radius 2 is 1.97 bits per heavy atom. The molecule has 1 aliphatic rings. The number of aryl methyl sites for hydroxylation is 1. The first kappa shape index (κ1) is 22.3. The minimum Gasteiger partial charge on any atom is -0.383 e. The number of anilines is 3. The maximum Gasteiger partial charge on any atom is 0.330 e. The first-order valence-corrected chi connectivity index (χ1v) is 10.4. The molecule has 2 heterocycles. The fourth-order valence-electron chi connectivity index (χ4n) is 3.96. The summed E-state index contributed by atoms with van der Waals surface area (Å²) in [5.41, 5.74) is 7.56. The second-order valence-electron chi connectivity index (χ2n) is 8.02. The van der Waals surface area contributed by atoms with Crippen LogP contribution in [0, 0.1) is 19.8 Å². The number of hydrogen-bond acceptors (Lipinski definition) is 5. The molecule has 3 N–H and O–H groups in total. The fraction of sp³-hybridized carbons (Fsp3) is 0.455. The summed E-state index contributed by atoms with van der Waals surface area (Å²) in [5, 5.41) is 0. The zero-order valence-electron chi connectivity index (χ0n) is 18.4. The summed E-state index contributed by atoms with van der Waals surface area (Å²) in [7, 11) is 1.45. The lowest BCUT2D eigenvalue weighted by Crippen LogP contribution is -2.42. The Morgan fingerprint density at radius 1 is 1.26 bits per heavy atom. The van der Waals surface area contributed by atoms with Crippen LogP contribution < -0.4 is 26.8 Å². The topological polar surface area (TPSA) is 121 Å². The minimum absolute atomic E-state index is 0.0455. The maximum absolute atomic E-state index is 13.2. The van der Waals surface area contributed by atoms with Crippen molar-refractivity contribution in [2.75, 3.05) is 29.1 Å². The van der Waals surface area contributed by atoms with Gasteiger partial charge in [-0.05, 0) is 37.5 Å². The van der Waals surface area contributed by atoms with Crippen molar-refractivity contribution >= 4 is 29.0 Å². The lowest BCUT2D eigenvalue weighted by molar-refractivity contribution is -0.124. The van der Waals surface area contributed by atoms with Gasteiger partial charge in [0, 0.05) is 32.2 Å². The van der Waals surface area contributed by atoms with Gasteiger partial charge in [-0.25, -0.2) is 4.79 Å². The van der Waals surface area contributed by atoms with Crippen molar-refractivity contribution in [1.82, 2.24) is 9.55 Å². The van der Waals surface area contributed by atoms with Gasteiger partial charge >= 0.3 is 5.69 Å². The van der Waals surface area contributed by atoms with E-state index in [4.69, 9.17) is 5.73 Å². The summed E-state index contributed by atoms with van der Waals surface area (Å²) in [4.78, 5) is 55.5. The van der Waals surface area contributed by atoms with Crippen LogP contribution in [0.1, 0.15) is 37.3 Å². The summed E-state index contributed by atoms with van der Waals surface area (Å²) < 4.78 is 1.27. The van der Waals surface area contributed by atoms with Gasteiger partial charge < -0.3 is 15.5 Å². The van der Waals surface area contributed by atoms with Crippen LogP contribution in [0.4, 0.5) is 17.2 Å². The summed E-state index contributed by atoms with van der Waals surface area (Å²) in [5.74, 6) is -1.20. The molecule has 2 amide bonds. The molecule has 1 atom stereocenters. The van der Waals surface area contributed by atoms with E-state index in [2.05, 4.69) is 4.98 Å². The van der Waals surface area contributed by atoms with Crippen molar-refractivity contribution in [2.24, 2.45) is 5.92 Å². The molecule has 9 heteroatoms. The molecule has 9 nitrogen and oxygen atoms in total. The molecule has 1 fully saturated rings. The summed E-state index contributed by atoms with van der Waals surface area (Å²) >= 11 is 0. The van der Waals surface area contributed by atoms with Gasteiger partial charge in [-0.15, -0.1) is 0 Å². The van der Waals surface area contributed by atoms with Crippen molar-refractivity contribution in [2.45, 2.75) is 46.6 Å². The first-order valence-electron chi connectivity index (χ1n) is 10.4. The van der Waals surface area contributed by atoms with Crippen LogP contribution >= 0.6 is 0 Å².